The Bertz CT molecular complexity index is 1360. The highest BCUT2D eigenvalue weighted by molar-refractivity contribution is 5.52. The second-order valence-electron chi connectivity index (χ2n) is 15.7. The molecule has 2 aromatic carbocycles. The molecule has 5 aliphatic rings. The van der Waals surface area contributed by atoms with Gasteiger partial charge < -0.3 is 14.2 Å². The zero-order valence-electron chi connectivity index (χ0n) is 27.2. The van der Waals surface area contributed by atoms with Crippen LogP contribution in [0.4, 0.5) is 0 Å². The minimum atomic E-state index is -0.350. The minimum Gasteiger partial charge on any atom is -0.497 e. The Morgan fingerprint density at radius 1 is 0.884 bits per heavy atom. The first-order chi connectivity index (χ1) is 20.7. The molecule has 1 spiro atoms. The van der Waals surface area contributed by atoms with Gasteiger partial charge in [-0.3, -0.25) is 0 Å². The zero-order chi connectivity index (χ0) is 29.8. The fourth-order valence-electron chi connectivity index (χ4n) is 9.71. The number of allylic oxidation sites excluding steroid dienone is 3. The van der Waals surface area contributed by atoms with E-state index in [1.165, 1.54) is 48.8 Å². The maximum Gasteiger partial charge on any atom is 0.169 e. The summed E-state index contributed by atoms with van der Waals surface area (Å²) < 4.78 is 18.4. The third-order valence-electron chi connectivity index (χ3n) is 12.4. The fraction of sp³-hybridized carbons (Fsp3) is 0.600. The van der Waals surface area contributed by atoms with Crippen LogP contribution in [0.2, 0.25) is 0 Å². The molecule has 6 unspecified atom stereocenters. The molecule has 0 radical (unpaired) electrons. The lowest BCUT2D eigenvalue weighted by atomic mass is 9.51. The number of benzene rings is 2. The summed E-state index contributed by atoms with van der Waals surface area (Å²) in [6.07, 6.45) is 15.5. The van der Waals surface area contributed by atoms with Crippen LogP contribution in [0.5, 0.6) is 5.75 Å². The van der Waals surface area contributed by atoms with E-state index in [2.05, 4.69) is 76.2 Å². The summed E-state index contributed by atoms with van der Waals surface area (Å²) in [4.78, 5) is 0. The zero-order valence-corrected chi connectivity index (χ0v) is 27.2. The van der Waals surface area contributed by atoms with Crippen molar-refractivity contribution in [1.82, 2.24) is 0 Å². The van der Waals surface area contributed by atoms with Crippen molar-refractivity contribution < 1.29 is 14.2 Å². The van der Waals surface area contributed by atoms with Crippen molar-refractivity contribution in [2.75, 3.05) is 20.3 Å². The average Bonchev–Trinajstić information content (AvgIpc) is 3.32. The van der Waals surface area contributed by atoms with Gasteiger partial charge in [-0.1, -0.05) is 87.4 Å². The lowest BCUT2D eigenvalue weighted by Gasteiger charge is -2.55. The first-order valence-electron chi connectivity index (χ1n) is 17.1. The largest absolute Gasteiger partial charge is 0.497 e. The first kappa shape index (κ1) is 29.4. The van der Waals surface area contributed by atoms with Crippen LogP contribution in [0, 0.1) is 34.5 Å². The molecule has 0 amide bonds. The van der Waals surface area contributed by atoms with Gasteiger partial charge in [-0.15, -0.1) is 0 Å². The number of hydrogen-bond acceptors (Lipinski definition) is 3. The normalized spacial score (nSPS) is 34.6. The maximum absolute atomic E-state index is 6.54. The van der Waals surface area contributed by atoms with E-state index in [9.17, 15) is 0 Å². The maximum atomic E-state index is 6.54. The van der Waals surface area contributed by atoms with Gasteiger partial charge in [0.2, 0.25) is 0 Å². The molecule has 0 N–H and O–H groups in total. The molecule has 7 rings (SSSR count). The van der Waals surface area contributed by atoms with Gasteiger partial charge >= 0.3 is 0 Å². The topological polar surface area (TPSA) is 27.7 Å². The van der Waals surface area contributed by atoms with Gasteiger partial charge in [0.25, 0.3) is 0 Å². The van der Waals surface area contributed by atoms with Gasteiger partial charge in [0, 0.05) is 24.2 Å². The molecule has 3 saturated carbocycles. The standard InChI is InChI=1S/C40H52O3/c1-27-9-20-36-34-19-16-31-23-40(42-25-38(2,3)26-43-40)22-21-33(31)37(34)35(24-39(27,36)4)30-14-10-28(11-15-30)7-6-8-29-12-17-32(41-5)18-13-29/h6-7,10-15,17-18,27,31,34-36H,8-9,16,19-26H2,1-5H3/b7-6+. The van der Waals surface area contributed by atoms with E-state index < -0.39 is 0 Å². The van der Waals surface area contributed by atoms with Crippen LogP contribution in [0.15, 0.2) is 65.8 Å². The van der Waals surface area contributed by atoms with E-state index >= 15 is 0 Å². The number of ether oxygens (including phenoxy) is 3. The Kier molecular flexibility index (Phi) is 7.66. The van der Waals surface area contributed by atoms with E-state index in [0.717, 1.165) is 62.4 Å². The fourth-order valence-corrected chi connectivity index (χ4v) is 9.71. The van der Waals surface area contributed by atoms with E-state index in [-0.39, 0.29) is 11.2 Å². The van der Waals surface area contributed by atoms with Crippen molar-refractivity contribution >= 4 is 6.08 Å². The van der Waals surface area contributed by atoms with Gasteiger partial charge in [0.1, 0.15) is 5.75 Å². The minimum absolute atomic E-state index is 0.122. The quantitative estimate of drug-likeness (QED) is 0.330. The molecule has 0 bridgehead atoms. The molecular formula is C40H52O3. The Morgan fingerprint density at radius 2 is 1.63 bits per heavy atom. The number of rotatable bonds is 5. The SMILES string of the molecule is COc1ccc(C/C=C/c2ccc(C3CC4(C)C(C)CCC4C4CCC5CC6(CCC5=C34)OCC(C)(C)CO6)cc2)cc1. The molecule has 1 saturated heterocycles. The lowest BCUT2D eigenvalue weighted by Crippen LogP contribution is -2.51. The molecule has 2 aromatic rings. The lowest BCUT2D eigenvalue weighted by molar-refractivity contribution is -0.312. The van der Waals surface area contributed by atoms with E-state index in [0.29, 0.717) is 17.3 Å². The number of methoxy groups -OCH3 is 1. The number of fused-ring (bicyclic) bond motifs is 4. The molecule has 4 fully saturated rings. The van der Waals surface area contributed by atoms with Crippen LogP contribution in [0.25, 0.3) is 6.08 Å². The highest BCUT2D eigenvalue weighted by Crippen LogP contribution is 2.66. The van der Waals surface area contributed by atoms with Crippen molar-refractivity contribution in [3.8, 4) is 5.75 Å². The molecule has 230 valence electrons. The summed E-state index contributed by atoms with van der Waals surface area (Å²) >= 11 is 0. The van der Waals surface area contributed by atoms with Gasteiger partial charge in [-0.25, -0.2) is 0 Å². The third-order valence-corrected chi connectivity index (χ3v) is 12.4. The van der Waals surface area contributed by atoms with Gasteiger partial charge in [0.15, 0.2) is 5.79 Å². The highest BCUT2D eigenvalue weighted by atomic mass is 16.7. The molecule has 6 atom stereocenters. The smallest absolute Gasteiger partial charge is 0.169 e. The summed E-state index contributed by atoms with van der Waals surface area (Å²) in [6.45, 7) is 11.3. The average molecular weight is 581 g/mol. The highest BCUT2D eigenvalue weighted by Gasteiger charge is 2.57. The van der Waals surface area contributed by atoms with Gasteiger partial charge in [-0.2, -0.15) is 0 Å². The first-order valence-corrected chi connectivity index (χ1v) is 17.1. The Morgan fingerprint density at radius 3 is 2.35 bits per heavy atom. The summed E-state index contributed by atoms with van der Waals surface area (Å²) in [6, 6.07) is 18.0. The van der Waals surface area contributed by atoms with Gasteiger partial charge in [-0.05, 0) is 103 Å². The van der Waals surface area contributed by atoms with Crippen LogP contribution in [-0.4, -0.2) is 26.1 Å². The van der Waals surface area contributed by atoms with Crippen LogP contribution in [0.1, 0.15) is 102 Å². The molecule has 3 heteroatoms. The Balaban J connectivity index is 1.15. The third kappa shape index (κ3) is 5.44. The molecule has 43 heavy (non-hydrogen) atoms. The predicted molar refractivity (Wildman–Crippen MR) is 175 cm³/mol. The van der Waals surface area contributed by atoms with Crippen LogP contribution in [0.3, 0.4) is 0 Å². The van der Waals surface area contributed by atoms with Crippen molar-refractivity contribution in [2.45, 2.75) is 97.2 Å². The van der Waals surface area contributed by atoms with Crippen molar-refractivity contribution in [3.63, 3.8) is 0 Å². The van der Waals surface area contributed by atoms with E-state index in [1.807, 2.05) is 17.7 Å². The predicted octanol–water partition coefficient (Wildman–Crippen LogP) is 9.77. The molecular weight excluding hydrogens is 528 g/mol. The number of hydrogen-bond donors (Lipinski definition) is 0. The second kappa shape index (κ2) is 11.2. The van der Waals surface area contributed by atoms with Crippen LogP contribution in [-0.2, 0) is 15.9 Å². The Hall–Kier alpha value is -2.36. The molecule has 1 heterocycles. The van der Waals surface area contributed by atoms with Crippen molar-refractivity contribution in [3.05, 3.63) is 82.4 Å². The summed E-state index contributed by atoms with van der Waals surface area (Å²) in [5.41, 5.74) is 8.34. The monoisotopic (exact) mass is 580 g/mol. The molecule has 3 nitrogen and oxygen atoms in total. The van der Waals surface area contributed by atoms with Crippen molar-refractivity contribution in [2.24, 2.45) is 34.5 Å². The summed E-state index contributed by atoms with van der Waals surface area (Å²) in [5.74, 6) is 4.14. The summed E-state index contributed by atoms with van der Waals surface area (Å²) in [7, 11) is 1.72. The van der Waals surface area contributed by atoms with E-state index in [4.69, 9.17) is 14.2 Å². The van der Waals surface area contributed by atoms with Crippen LogP contribution >= 0.6 is 0 Å². The van der Waals surface area contributed by atoms with Crippen LogP contribution < -0.4 is 4.74 Å². The Labute approximate surface area is 260 Å². The van der Waals surface area contributed by atoms with Crippen molar-refractivity contribution in [1.29, 1.82) is 0 Å². The van der Waals surface area contributed by atoms with E-state index in [1.54, 1.807) is 12.7 Å². The molecule has 4 aliphatic carbocycles. The van der Waals surface area contributed by atoms with Gasteiger partial charge in [0.05, 0.1) is 20.3 Å². The molecule has 1 aliphatic heterocycles. The molecule has 0 aromatic heterocycles. The second-order valence-corrected chi connectivity index (χ2v) is 15.7. The summed E-state index contributed by atoms with van der Waals surface area (Å²) in [5, 5.41) is 0.